The number of hydrogen-bond donors (Lipinski definition) is 2. The fourth-order valence-electron chi connectivity index (χ4n) is 1.24. The Labute approximate surface area is 84.1 Å². The number of rotatable bonds is 5. The van der Waals surface area contributed by atoms with Gasteiger partial charge in [-0.15, -0.1) is 0 Å². The van der Waals surface area contributed by atoms with Gasteiger partial charge in [0.15, 0.2) is 0 Å². The topological polar surface area (TPSA) is 59.6 Å². The summed E-state index contributed by atoms with van der Waals surface area (Å²) in [7, 11) is 1.64. The van der Waals surface area contributed by atoms with Gasteiger partial charge in [-0.1, -0.05) is 0 Å². The van der Waals surface area contributed by atoms with Crippen molar-refractivity contribution in [2.24, 2.45) is 0 Å². The Bertz CT molecular complexity index is 169. The van der Waals surface area contributed by atoms with Crippen LogP contribution in [0.1, 0.15) is 6.42 Å². The van der Waals surface area contributed by atoms with Gasteiger partial charge in [0.25, 0.3) is 0 Å². The second kappa shape index (κ2) is 6.75. The molecule has 14 heavy (non-hydrogen) atoms. The molecule has 82 valence electrons. The van der Waals surface area contributed by atoms with Crippen LogP contribution in [-0.4, -0.2) is 52.0 Å². The van der Waals surface area contributed by atoms with E-state index in [1.165, 1.54) is 0 Å². The summed E-state index contributed by atoms with van der Waals surface area (Å²) in [5, 5.41) is 5.72. The molecule has 0 spiro atoms. The van der Waals surface area contributed by atoms with Crippen LogP contribution in [0.2, 0.25) is 0 Å². The van der Waals surface area contributed by atoms with Crippen LogP contribution >= 0.6 is 0 Å². The van der Waals surface area contributed by atoms with Crippen molar-refractivity contribution in [1.29, 1.82) is 0 Å². The molecule has 1 saturated heterocycles. The molecule has 0 radical (unpaired) electrons. The third-order valence-electron chi connectivity index (χ3n) is 2.06. The van der Waals surface area contributed by atoms with E-state index in [0.717, 1.165) is 6.54 Å². The summed E-state index contributed by atoms with van der Waals surface area (Å²) in [5.74, 6) is 0.0540. The summed E-state index contributed by atoms with van der Waals surface area (Å²) in [6.07, 6.45) is 0.637. The predicted octanol–water partition coefficient (Wildman–Crippen LogP) is -0.872. The highest BCUT2D eigenvalue weighted by molar-refractivity contribution is 5.75. The lowest BCUT2D eigenvalue weighted by molar-refractivity contribution is -0.120. The Morgan fingerprint density at radius 1 is 1.50 bits per heavy atom. The van der Waals surface area contributed by atoms with E-state index in [2.05, 4.69) is 10.6 Å². The second-order valence-electron chi connectivity index (χ2n) is 3.20. The van der Waals surface area contributed by atoms with E-state index in [4.69, 9.17) is 9.47 Å². The first-order valence-corrected chi connectivity index (χ1v) is 4.93. The van der Waals surface area contributed by atoms with Crippen LogP contribution in [0.25, 0.3) is 0 Å². The lowest BCUT2D eigenvalue weighted by Gasteiger charge is -2.23. The SMILES string of the molecule is CNC(=O)CCNCC1COCCO1. The highest BCUT2D eigenvalue weighted by Crippen LogP contribution is 1.98. The van der Waals surface area contributed by atoms with Crippen molar-refractivity contribution >= 4 is 5.91 Å². The molecule has 1 fully saturated rings. The van der Waals surface area contributed by atoms with Gasteiger partial charge in [0.1, 0.15) is 0 Å². The average molecular weight is 202 g/mol. The monoisotopic (exact) mass is 202 g/mol. The van der Waals surface area contributed by atoms with E-state index in [0.29, 0.717) is 32.8 Å². The quantitative estimate of drug-likeness (QED) is 0.569. The van der Waals surface area contributed by atoms with Crippen molar-refractivity contribution in [3.63, 3.8) is 0 Å². The van der Waals surface area contributed by atoms with Gasteiger partial charge in [-0.25, -0.2) is 0 Å². The summed E-state index contributed by atoms with van der Waals surface area (Å²) in [6.45, 7) is 3.43. The van der Waals surface area contributed by atoms with Gasteiger partial charge in [0.05, 0.1) is 25.9 Å². The van der Waals surface area contributed by atoms with Crippen molar-refractivity contribution in [3.8, 4) is 0 Å². The molecule has 1 aliphatic rings. The standard InChI is InChI=1S/C9H18N2O3/c1-10-9(12)2-3-11-6-8-7-13-4-5-14-8/h8,11H,2-7H2,1H3,(H,10,12). The molecule has 5 nitrogen and oxygen atoms in total. The van der Waals surface area contributed by atoms with Crippen LogP contribution in [0.4, 0.5) is 0 Å². The van der Waals surface area contributed by atoms with Crippen molar-refractivity contribution < 1.29 is 14.3 Å². The molecule has 0 aromatic heterocycles. The van der Waals surface area contributed by atoms with Gasteiger partial charge in [0.2, 0.25) is 5.91 Å². The molecule has 1 amide bonds. The lowest BCUT2D eigenvalue weighted by atomic mass is 10.3. The van der Waals surface area contributed by atoms with E-state index < -0.39 is 0 Å². The third-order valence-corrected chi connectivity index (χ3v) is 2.06. The lowest BCUT2D eigenvalue weighted by Crippen LogP contribution is -2.38. The van der Waals surface area contributed by atoms with E-state index in [-0.39, 0.29) is 12.0 Å². The summed E-state index contributed by atoms with van der Waals surface area (Å²) in [6, 6.07) is 0. The molecule has 1 atom stereocenters. The van der Waals surface area contributed by atoms with Crippen molar-refractivity contribution in [1.82, 2.24) is 10.6 Å². The summed E-state index contributed by atoms with van der Waals surface area (Å²) < 4.78 is 10.7. The number of nitrogens with one attached hydrogen (secondary N) is 2. The molecule has 2 N–H and O–H groups in total. The molecule has 0 aromatic rings. The van der Waals surface area contributed by atoms with Crippen molar-refractivity contribution in [2.45, 2.75) is 12.5 Å². The Hall–Kier alpha value is -0.650. The molecular formula is C9H18N2O3. The number of ether oxygens (including phenoxy) is 2. The molecule has 1 rings (SSSR count). The molecule has 0 aromatic carbocycles. The van der Waals surface area contributed by atoms with Crippen LogP contribution in [0.15, 0.2) is 0 Å². The molecule has 0 saturated carbocycles. The summed E-state index contributed by atoms with van der Waals surface area (Å²) >= 11 is 0. The smallest absolute Gasteiger partial charge is 0.221 e. The normalized spacial score (nSPS) is 21.9. The molecular weight excluding hydrogens is 184 g/mol. The van der Waals surface area contributed by atoms with Crippen molar-refractivity contribution in [2.75, 3.05) is 40.0 Å². The van der Waals surface area contributed by atoms with Crippen molar-refractivity contribution in [3.05, 3.63) is 0 Å². The number of hydrogen-bond acceptors (Lipinski definition) is 4. The maximum atomic E-state index is 10.9. The first-order valence-electron chi connectivity index (χ1n) is 4.93. The molecule has 1 heterocycles. The van der Waals surface area contributed by atoms with Crippen LogP contribution in [-0.2, 0) is 14.3 Å². The van der Waals surface area contributed by atoms with Crippen LogP contribution in [0.3, 0.4) is 0 Å². The molecule has 1 aliphatic heterocycles. The van der Waals surface area contributed by atoms with Gasteiger partial charge in [-0.2, -0.15) is 0 Å². The summed E-state index contributed by atoms with van der Waals surface area (Å²) in [5.41, 5.74) is 0. The maximum absolute atomic E-state index is 10.9. The Balaban J connectivity index is 1.94. The molecule has 0 aliphatic carbocycles. The second-order valence-corrected chi connectivity index (χ2v) is 3.20. The summed E-state index contributed by atoms with van der Waals surface area (Å²) in [4.78, 5) is 10.9. The Morgan fingerprint density at radius 2 is 2.36 bits per heavy atom. The predicted molar refractivity (Wildman–Crippen MR) is 52.1 cm³/mol. The third kappa shape index (κ3) is 4.55. The average Bonchev–Trinajstić information content (AvgIpc) is 2.25. The Morgan fingerprint density at radius 3 is 3.00 bits per heavy atom. The highest BCUT2D eigenvalue weighted by atomic mass is 16.6. The fraction of sp³-hybridized carbons (Fsp3) is 0.889. The van der Waals surface area contributed by atoms with Crippen LogP contribution in [0, 0.1) is 0 Å². The molecule has 5 heteroatoms. The number of carbonyl (C=O) groups is 1. The zero-order valence-corrected chi connectivity index (χ0v) is 8.54. The fourth-order valence-corrected chi connectivity index (χ4v) is 1.24. The first-order chi connectivity index (χ1) is 6.83. The number of amides is 1. The zero-order chi connectivity index (χ0) is 10.2. The van der Waals surface area contributed by atoms with E-state index in [9.17, 15) is 4.79 Å². The van der Waals surface area contributed by atoms with Gasteiger partial charge in [-0.3, -0.25) is 4.79 Å². The van der Waals surface area contributed by atoms with E-state index in [1.54, 1.807) is 7.05 Å². The van der Waals surface area contributed by atoms with Gasteiger partial charge >= 0.3 is 0 Å². The van der Waals surface area contributed by atoms with Gasteiger partial charge in [0, 0.05) is 26.6 Å². The zero-order valence-electron chi connectivity index (χ0n) is 8.54. The number of carbonyl (C=O) groups excluding carboxylic acids is 1. The Kier molecular flexibility index (Phi) is 5.51. The van der Waals surface area contributed by atoms with E-state index >= 15 is 0 Å². The minimum Gasteiger partial charge on any atom is -0.376 e. The first kappa shape index (κ1) is 11.4. The molecule has 1 unspecified atom stereocenters. The van der Waals surface area contributed by atoms with Gasteiger partial charge < -0.3 is 20.1 Å². The minimum absolute atomic E-state index is 0.0540. The largest absolute Gasteiger partial charge is 0.376 e. The van der Waals surface area contributed by atoms with Crippen LogP contribution < -0.4 is 10.6 Å². The highest BCUT2D eigenvalue weighted by Gasteiger charge is 2.13. The maximum Gasteiger partial charge on any atom is 0.221 e. The molecule has 0 bridgehead atoms. The van der Waals surface area contributed by atoms with E-state index in [1.807, 2.05) is 0 Å². The van der Waals surface area contributed by atoms with Gasteiger partial charge in [-0.05, 0) is 0 Å². The minimum atomic E-state index is 0.0540. The van der Waals surface area contributed by atoms with Crippen LogP contribution in [0.5, 0.6) is 0 Å².